The second-order valence-corrected chi connectivity index (χ2v) is 5.87. The van der Waals surface area contributed by atoms with Gasteiger partial charge in [-0.05, 0) is 39.2 Å². The smallest absolute Gasteiger partial charge is 0.242 e. The van der Waals surface area contributed by atoms with Crippen molar-refractivity contribution in [3.05, 3.63) is 23.0 Å². The van der Waals surface area contributed by atoms with Crippen molar-refractivity contribution in [3.63, 3.8) is 0 Å². The predicted octanol–water partition coefficient (Wildman–Crippen LogP) is 1.44. The van der Waals surface area contributed by atoms with Gasteiger partial charge in [0.2, 0.25) is 5.91 Å². The van der Waals surface area contributed by atoms with Crippen molar-refractivity contribution >= 4 is 28.8 Å². The van der Waals surface area contributed by atoms with E-state index in [2.05, 4.69) is 15.2 Å². The van der Waals surface area contributed by atoms with Crippen LogP contribution in [0, 0.1) is 13.8 Å². The molecule has 0 aromatic carbocycles. The highest BCUT2D eigenvalue weighted by Crippen LogP contribution is 2.30. The summed E-state index contributed by atoms with van der Waals surface area (Å²) in [4.78, 5) is 19.1. The lowest BCUT2D eigenvalue weighted by atomic mass is 9.98. The summed E-state index contributed by atoms with van der Waals surface area (Å²) in [6, 6.07) is 1.81. The van der Waals surface area contributed by atoms with Gasteiger partial charge in [0, 0.05) is 25.0 Å². The van der Waals surface area contributed by atoms with E-state index in [1.807, 2.05) is 19.9 Å². The van der Waals surface area contributed by atoms with Crippen LogP contribution < -0.4 is 16.0 Å². The Balaban J connectivity index is 2.52. The molecule has 0 bridgehead atoms. The summed E-state index contributed by atoms with van der Waals surface area (Å²) in [5.41, 5.74) is 9.33. The second kappa shape index (κ2) is 6.39. The number of carbonyl (C=O) groups excluding carboxylic acids is 1. The molecular weight excluding hydrogens is 284 g/mol. The molecule has 1 aliphatic heterocycles. The maximum Gasteiger partial charge on any atom is 0.242 e. The zero-order chi connectivity index (χ0) is 15.6. The Hall–Kier alpha value is -1.69. The Labute approximate surface area is 130 Å². The van der Waals surface area contributed by atoms with Crippen LogP contribution in [0.15, 0.2) is 6.07 Å². The van der Waals surface area contributed by atoms with Gasteiger partial charge in [0.25, 0.3) is 0 Å². The average molecular weight is 306 g/mol. The Morgan fingerprint density at radius 1 is 1.48 bits per heavy atom. The fourth-order valence-corrected chi connectivity index (χ4v) is 3.25. The van der Waals surface area contributed by atoms with Crippen LogP contribution in [-0.4, -0.2) is 35.5 Å². The number of nitrogens with one attached hydrogen (secondary N) is 1. The highest BCUT2D eigenvalue weighted by Gasteiger charge is 2.30. The van der Waals surface area contributed by atoms with Crippen LogP contribution in [0.1, 0.15) is 36.2 Å². The van der Waals surface area contributed by atoms with Crippen molar-refractivity contribution in [2.24, 2.45) is 5.73 Å². The lowest BCUT2D eigenvalue weighted by Gasteiger charge is -2.37. The molecule has 1 aromatic rings. The quantitative estimate of drug-likeness (QED) is 0.827. The van der Waals surface area contributed by atoms with Crippen LogP contribution in [0.25, 0.3) is 0 Å². The molecule has 1 unspecified atom stereocenters. The van der Waals surface area contributed by atoms with E-state index in [9.17, 15) is 4.79 Å². The summed E-state index contributed by atoms with van der Waals surface area (Å²) in [5.74, 6) is 0.0377. The van der Waals surface area contributed by atoms with E-state index in [1.165, 1.54) is 0 Å². The molecule has 114 valence electrons. The Morgan fingerprint density at radius 2 is 2.19 bits per heavy atom. The zero-order valence-corrected chi connectivity index (χ0v) is 13.6. The average Bonchev–Trinajstić information content (AvgIpc) is 2.45. The van der Waals surface area contributed by atoms with E-state index in [0.29, 0.717) is 4.99 Å². The number of anilines is 1. The van der Waals surface area contributed by atoms with Gasteiger partial charge >= 0.3 is 0 Å². The first kappa shape index (κ1) is 15.7. The van der Waals surface area contributed by atoms with Gasteiger partial charge in [-0.1, -0.05) is 12.2 Å². The highest BCUT2D eigenvalue weighted by atomic mass is 32.1. The molecule has 1 aromatic heterocycles. The number of piperidine rings is 1. The first-order valence-corrected chi connectivity index (χ1v) is 7.62. The van der Waals surface area contributed by atoms with E-state index in [-0.39, 0.29) is 11.9 Å². The SMILES string of the molecule is CNC(=O)C1CCCCN1c1cc(C)nc(C)c1C(N)=S. The lowest BCUT2D eigenvalue weighted by Crippen LogP contribution is -2.49. The molecule has 0 aliphatic carbocycles. The van der Waals surface area contributed by atoms with Crippen LogP contribution >= 0.6 is 12.2 Å². The maximum atomic E-state index is 12.2. The zero-order valence-electron chi connectivity index (χ0n) is 12.8. The summed E-state index contributed by atoms with van der Waals surface area (Å²) in [6.07, 6.45) is 2.96. The van der Waals surface area contributed by atoms with Gasteiger partial charge in [0.05, 0.1) is 11.3 Å². The summed E-state index contributed by atoms with van der Waals surface area (Å²) in [7, 11) is 1.67. The summed E-state index contributed by atoms with van der Waals surface area (Å²) in [6.45, 7) is 4.68. The Kier molecular flexibility index (Phi) is 4.77. The molecule has 21 heavy (non-hydrogen) atoms. The number of carbonyl (C=O) groups is 1. The molecule has 1 fully saturated rings. The standard InChI is InChI=1S/C15H22N4OS/c1-9-8-12(13(14(16)21)10(2)18-9)19-7-5-4-6-11(19)15(20)17-3/h8,11H,4-7H2,1-3H3,(H2,16,21)(H,17,20). The molecule has 0 saturated carbocycles. The molecule has 1 amide bonds. The van der Waals surface area contributed by atoms with Crippen molar-refractivity contribution < 1.29 is 4.79 Å². The van der Waals surface area contributed by atoms with Gasteiger partial charge in [-0.2, -0.15) is 0 Å². The molecule has 0 radical (unpaired) electrons. The van der Waals surface area contributed by atoms with E-state index >= 15 is 0 Å². The molecule has 1 aliphatic rings. The number of thiocarbonyl (C=S) groups is 1. The first-order valence-electron chi connectivity index (χ1n) is 7.22. The maximum absolute atomic E-state index is 12.2. The van der Waals surface area contributed by atoms with Crippen LogP contribution in [0.5, 0.6) is 0 Å². The summed E-state index contributed by atoms with van der Waals surface area (Å²) >= 11 is 5.19. The Bertz CT molecular complexity index is 573. The fraction of sp³-hybridized carbons (Fsp3) is 0.533. The molecule has 1 atom stereocenters. The van der Waals surface area contributed by atoms with Crippen molar-refractivity contribution in [1.29, 1.82) is 0 Å². The number of rotatable bonds is 3. The minimum atomic E-state index is -0.168. The van der Waals surface area contributed by atoms with E-state index in [4.69, 9.17) is 18.0 Å². The number of nitrogens with two attached hydrogens (primary N) is 1. The van der Waals surface area contributed by atoms with Crippen molar-refractivity contribution in [3.8, 4) is 0 Å². The van der Waals surface area contributed by atoms with Gasteiger partial charge in [0.15, 0.2) is 0 Å². The molecule has 0 spiro atoms. The number of aromatic nitrogens is 1. The minimum absolute atomic E-state index is 0.0377. The number of nitrogens with zero attached hydrogens (tertiary/aromatic N) is 2. The first-order chi connectivity index (χ1) is 9.95. The number of likely N-dealkylation sites (N-methyl/N-ethyl adjacent to an activating group) is 1. The minimum Gasteiger partial charge on any atom is -0.389 e. The number of hydrogen-bond acceptors (Lipinski definition) is 4. The van der Waals surface area contributed by atoms with Crippen LogP contribution in [0.3, 0.4) is 0 Å². The van der Waals surface area contributed by atoms with Crippen LogP contribution in [0.4, 0.5) is 5.69 Å². The number of hydrogen-bond donors (Lipinski definition) is 2. The van der Waals surface area contributed by atoms with Crippen LogP contribution in [-0.2, 0) is 4.79 Å². The largest absolute Gasteiger partial charge is 0.389 e. The van der Waals surface area contributed by atoms with Crippen molar-refractivity contribution in [1.82, 2.24) is 10.3 Å². The number of amides is 1. The van der Waals surface area contributed by atoms with Gasteiger partial charge in [0.1, 0.15) is 11.0 Å². The molecule has 5 nitrogen and oxygen atoms in total. The van der Waals surface area contributed by atoms with Gasteiger partial charge in [-0.3, -0.25) is 9.78 Å². The second-order valence-electron chi connectivity index (χ2n) is 5.43. The number of pyridine rings is 1. The molecule has 1 saturated heterocycles. The Morgan fingerprint density at radius 3 is 2.81 bits per heavy atom. The van der Waals surface area contributed by atoms with Crippen molar-refractivity contribution in [2.75, 3.05) is 18.5 Å². The third-order valence-electron chi connectivity index (χ3n) is 3.92. The number of aryl methyl sites for hydroxylation is 2. The molecule has 2 heterocycles. The normalized spacial score (nSPS) is 18.4. The summed E-state index contributed by atoms with van der Waals surface area (Å²) in [5, 5.41) is 2.75. The van der Waals surface area contributed by atoms with Gasteiger partial charge in [-0.15, -0.1) is 0 Å². The van der Waals surface area contributed by atoms with E-state index < -0.39 is 0 Å². The topological polar surface area (TPSA) is 71.2 Å². The van der Waals surface area contributed by atoms with E-state index in [0.717, 1.165) is 48.4 Å². The monoisotopic (exact) mass is 306 g/mol. The summed E-state index contributed by atoms with van der Waals surface area (Å²) < 4.78 is 0. The van der Waals surface area contributed by atoms with Gasteiger partial charge in [-0.25, -0.2) is 0 Å². The van der Waals surface area contributed by atoms with Gasteiger partial charge < -0.3 is 16.0 Å². The third kappa shape index (κ3) is 3.15. The predicted molar refractivity (Wildman–Crippen MR) is 88.7 cm³/mol. The van der Waals surface area contributed by atoms with Crippen LogP contribution in [0.2, 0.25) is 0 Å². The van der Waals surface area contributed by atoms with E-state index in [1.54, 1.807) is 7.05 Å². The highest BCUT2D eigenvalue weighted by molar-refractivity contribution is 7.80. The third-order valence-corrected chi connectivity index (χ3v) is 4.12. The molecule has 6 heteroatoms. The van der Waals surface area contributed by atoms with Crippen molar-refractivity contribution in [2.45, 2.75) is 39.2 Å². The molecular formula is C15H22N4OS. The lowest BCUT2D eigenvalue weighted by molar-refractivity contribution is -0.122. The molecule has 2 rings (SSSR count). The molecule has 3 N–H and O–H groups in total. The fourth-order valence-electron chi connectivity index (χ4n) is 3.00.